The molecule has 0 saturated carbocycles. The predicted molar refractivity (Wildman–Crippen MR) is 565 cm³/mol. The molecule has 142 heavy (non-hydrogen) atoms. The first-order valence-corrected chi connectivity index (χ1v) is 44.4. The van der Waals surface area contributed by atoms with Gasteiger partial charge in [0.2, 0.25) is 0 Å². The molecule has 18 unspecified atom stereocenters. The third kappa shape index (κ3) is 27.1. The van der Waals surface area contributed by atoms with Crippen molar-refractivity contribution in [2.75, 3.05) is 163 Å². The summed E-state index contributed by atoms with van der Waals surface area (Å²) in [5.41, 5.74) is -20.5. The molecule has 18 rings (SSSR count). The van der Waals surface area contributed by atoms with E-state index in [2.05, 4.69) is 0 Å². The minimum Gasteiger partial charge on any atom is -0.493 e. The maximum Gasteiger partial charge on any atom is 0.161 e. The van der Waals surface area contributed by atoms with Crippen LogP contribution in [0.1, 0.15) is 417 Å². The van der Waals surface area contributed by atoms with Crippen LogP contribution in [0.3, 0.4) is 0 Å². The number of ether oxygens (including phenoxy) is 12. The van der Waals surface area contributed by atoms with E-state index in [4.69, 9.17) is 176 Å². The third-order valence-electron chi connectivity index (χ3n) is 22.4. The van der Waals surface area contributed by atoms with Crippen molar-refractivity contribution >= 4 is 0 Å². The van der Waals surface area contributed by atoms with Crippen LogP contribution in [-0.2, 0) is 38.5 Å². The van der Waals surface area contributed by atoms with Crippen LogP contribution in [0.2, 0.25) is 0 Å². The molecule has 12 aliphatic heterocycles. The van der Waals surface area contributed by atoms with Crippen LogP contribution < -0.4 is 56.8 Å². The Balaban J connectivity index is 0.000000223. The second-order valence-corrected chi connectivity index (χ2v) is 34.8. The molecule has 24 nitrogen and oxygen atoms in total. The van der Waals surface area contributed by atoms with Gasteiger partial charge in [-0.3, -0.25) is 29.4 Å². The van der Waals surface area contributed by atoms with Gasteiger partial charge in [0.1, 0.15) is 0 Å². The lowest BCUT2D eigenvalue weighted by atomic mass is 9.75. The van der Waals surface area contributed by atoms with Gasteiger partial charge in [-0.1, -0.05) is 110 Å². The molecule has 6 fully saturated rings. The minimum absolute atomic E-state index is 0.0318. The van der Waals surface area contributed by atoms with E-state index in [0.717, 1.165) is 54.7 Å². The van der Waals surface area contributed by atoms with Crippen LogP contribution in [0.25, 0.3) is 0 Å². The van der Waals surface area contributed by atoms with E-state index in [9.17, 15) is 38.9 Å². The van der Waals surface area contributed by atoms with Crippen molar-refractivity contribution < 1.29 is 215 Å². The molecule has 0 spiro atoms. The van der Waals surface area contributed by atoms with Gasteiger partial charge >= 0.3 is 0 Å². The van der Waals surface area contributed by atoms with E-state index in [1.54, 1.807) is 13.8 Å². The summed E-state index contributed by atoms with van der Waals surface area (Å²) in [7, 11) is 0.509. The van der Waals surface area contributed by atoms with Crippen LogP contribution >= 0.6 is 0 Å². The Hall–Kier alpha value is -7.56. The Labute approximate surface area is 983 Å². The van der Waals surface area contributed by atoms with E-state index in [1.807, 2.05) is 13.8 Å². The zero-order valence-corrected chi connectivity index (χ0v) is 81.0. The fourth-order valence-corrected chi connectivity index (χ4v) is 16.3. The number of hydrogen-bond acceptors (Lipinski definition) is 24. The number of fused-ring (bicyclic) bond motifs is 18. The summed E-state index contributed by atoms with van der Waals surface area (Å²) in [6.07, 6.45) is -63.4. The first-order valence-electron chi connectivity index (χ1n) is 90.9. The van der Waals surface area contributed by atoms with Gasteiger partial charge in [0.05, 0.1) is 165 Å². The van der Waals surface area contributed by atoms with E-state index in [1.165, 1.54) is 14.2 Å². The molecule has 6 saturated heterocycles. The van der Waals surface area contributed by atoms with E-state index >= 15 is 0 Å². The lowest BCUT2D eigenvalue weighted by Crippen LogP contribution is -2.48. The van der Waals surface area contributed by atoms with Crippen molar-refractivity contribution in [1.29, 1.82) is 0 Å². The molecule has 0 radical (unpaired) electrons. The van der Waals surface area contributed by atoms with E-state index in [-0.39, 0.29) is 133 Å². The summed E-state index contributed by atoms with van der Waals surface area (Å²) < 4.78 is 846. The molecule has 6 aromatic carbocycles. The molecule has 6 aromatic rings. The molecule has 792 valence electrons. The van der Waals surface area contributed by atoms with Crippen LogP contribution in [0.4, 0.5) is 0 Å². The monoisotopic (exact) mass is 2060 g/mol. The number of nitrogens with zero attached hydrogens (tertiary/aromatic N) is 6. The fourth-order valence-electron chi connectivity index (χ4n) is 16.3. The van der Waals surface area contributed by atoms with Crippen LogP contribution in [0.5, 0.6) is 69.0 Å². The topological polar surface area (TPSA) is 252 Å². The van der Waals surface area contributed by atoms with Gasteiger partial charge in [-0.05, 0) is 323 Å². The lowest BCUT2D eigenvalue weighted by molar-refractivity contribution is -0.0259. The summed E-state index contributed by atoms with van der Waals surface area (Å²) in [6.45, 7) is -46.7. The second-order valence-electron chi connectivity index (χ2n) is 34.8. The van der Waals surface area contributed by atoms with Gasteiger partial charge in [-0.25, -0.2) is 0 Å². The highest BCUT2D eigenvalue weighted by molar-refractivity contribution is 5.55. The van der Waals surface area contributed by atoms with Gasteiger partial charge in [-0.15, -0.1) is 0 Å². The molecular formula is C118H182N6O18. The number of aliphatic hydroxyl groups excluding tert-OH is 1. The van der Waals surface area contributed by atoms with Crippen molar-refractivity contribution in [2.24, 2.45) is 68.9 Å². The zero-order chi connectivity index (χ0) is 184. The molecule has 0 amide bonds. The number of piperidine rings is 6. The third-order valence-corrected chi connectivity index (χ3v) is 22.4. The number of hydrogen-bond donors (Lipinski definition) is 6. The molecule has 6 N–H and O–H groups in total. The number of aliphatic hydroxyl groups is 6. The maximum atomic E-state index is 11.6. The average Bonchev–Trinajstić information content (AvgIpc) is 0.642. The Morgan fingerprint density at radius 3 is 0.789 bits per heavy atom. The van der Waals surface area contributed by atoms with Gasteiger partial charge in [0.25, 0.3) is 0 Å². The molecule has 18 atom stereocenters. The van der Waals surface area contributed by atoms with E-state index < -0.39 is 500 Å². The Bertz CT molecular complexity index is 9370. The number of methoxy groups -OCH3 is 12. The van der Waals surface area contributed by atoms with Crippen LogP contribution in [-0.4, -0.2) is 260 Å². The van der Waals surface area contributed by atoms with Crippen LogP contribution in [0.15, 0.2) is 72.5 Å². The standard InChI is InChI=1S/4C20H31NO3.2C19H29NO3/c4*1-20(2,3)11-14-12-21-7-6-13-8-18(23-4)19(24-5)9-15(13)16(21)10-17(14)22;2*1-12(2)7-14-11-20-6-5-13-8-18(22-3)19(23-4)9-15(13)16(20)10-17(14)21/h4*8-9,14,16-17,22H,6-7,10-12H2,1-5H3;2*8-9,12,14,16-17,21H,5-7,10-11H2,1-4H3/i2*1D3,2D3,5D3,8D,9D,10D2,11D2,12D2,14D,16D,17D;2*1D3,2D3,8D,9D,10D2,11D2,12D2,14D,16D,17D;4D3,8D,9D,10D2,11D2,14D,16D,17D;5D2,6D2,8D,9D,16D. The molecule has 0 aliphatic carbocycles. The Morgan fingerprint density at radius 1 is 0.324 bits per heavy atom. The van der Waals surface area contributed by atoms with Crippen molar-refractivity contribution in [3.05, 3.63) is 139 Å². The lowest BCUT2D eigenvalue weighted by Gasteiger charge is -2.47. The summed E-state index contributed by atoms with van der Waals surface area (Å²) in [4.78, 5) is 2.67. The predicted octanol–water partition coefficient (Wildman–Crippen LogP) is 19.7. The summed E-state index contributed by atoms with van der Waals surface area (Å²) >= 11 is 0. The Kier molecular flexibility index (Phi) is 14.2. The first kappa shape index (κ1) is 41.8. The zero-order valence-electron chi connectivity index (χ0n) is 174. The molecule has 12 aliphatic rings. The highest BCUT2D eigenvalue weighted by Crippen LogP contribution is 2.53. The molecule has 12 heterocycles. The van der Waals surface area contributed by atoms with Gasteiger partial charge in [-0.2, -0.15) is 0 Å². The quantitative estimate of drug-likeness (QED) is 0.0415. The van der Waals surface area contributed by atoms with Gasteiger partial charge < -0.3 is 87.5 Å². The summed E-state index contributed by atoms with van der Waals surface area (Å²) in [5, 5.41) is 68.3. The average molecular weight is 2070 g/mol. The van der Waals surface area contributed by atoms with Crippen molar-refractivity contribution in [1.82, 2.24) is 29.4 Å². The number of rotatable bonds is 20. The Morgan fingerprint density at radius 2 is 0.549 bits per heavy atom. The smallest absolute Gasteiger partial charge is 0.161 e. The normalized spacial score (nSPS) is 50.9. The molecule has 0 aromatic heterocycles. The van der Waals surface area contributed by atoms with Crippen LogP contribution in [0, 0.1) is 68.9 Å². The van der Waals surface area contributed by atoms with Crippen molar-refractivity contribution in [3.8, 4) is 69.0 Å². The summed E-state index contributed by atoms with van der Waals surface area (Å²) in [5.74, 6) is -26.6. The molecular weight excluding hydrogens is 1790 g/mol. The largest absolute Gasteiger partial charge is 0.493 e. The fraction of sp³-hybridized carbons (Fsp3) is 0.695. The highest BCUT2D eigenvalue weighted by atomic mass is 16.5. The van der Waals surface area contributed by atoms with Crippen molar-refractivity contribution in [2.45, 2.75) is 298 Å². The maximum absolute atomic E-state index is 11.6. The minimum atomic E-state index is -4.52. The SMILES string of the molecule is [2H]c1c(OC)c(OC)c([2H])c2c1C1([2H])CC(O)C(CC(C)C)CN1C([2H])([2H])C2([2H])[2H].[2H]c1c2c(c([2H])c(OC([2H])([2H])[2H])c1OC)C1([2H])N(CC2)C([2H])([2H])C([2H])(C([2H])([2H])C(C)(C([2H])([2H])[2H])C([2H])([2H])[2H])C([2H])(O)C1([2H])[2H].[2H]c1c2c(c([2H])c(OC([2H])([2H])[2H])c1OC)C1([2H])N(CC2)C([2H])([2H])C([2H])(C([2H])([2H])C(C)(C([2H])([2H])[2H])C([2H])([2H])[2H])C([2H])(O)C1([2H])[2H].[2H]c1c2c(c([2H])c(OC([2H])([2H])[2H])c1OC)C1([2H])N(CC2)C([2H])([2H])C([2H])(CC(C)C)C([2H])(O)C1([2H])[2H].[2H]c1c2c(c([2H])c(OC)c1OC)C1([2H])N(CC2)C([2H])([2H])C([2H])(C([2H])([2H])C(C)(C([2H])([2H])[2H])C([2H])([2H])[2H])C([2H])(O)C1([2H])[2H].[2H]c1c2c(c([2H])c(OC)c1OC)C1([2H])N(CC2)C([2H])([2H])C([2H])(C([2H])([2H])C(C)(C([2H])([2H])[2H])C([2H])([2H])[2H])C([2H])(O)C1([2H])[2H]. The molecule has 24 heteroatoms. The molecule has 0 bridgehead atoms. The second kappa shape index (κ2) is 48.2. The van der Waals surface area contributed by atoms with Gasteiger partial charge in [0.15, 0.2) is 69.0 Å². The van der Waals surface area contributed by atoms with Crippen molar-refractivity contribution in [3.63, 3.8) is 0 Å². The van der Waals surface area contributed by atoms with E-state index in [0.29, 0.717) is 39.0 Å². The first-order chi connectivity index (χ1) is 104. The number of benzene rings is 6. The van der Waals surface area contributed by atoms with Gasteiger partial charge in [0, 0.05) is 198 Å². The summed E-state index contributed by atoms with van der Waals surface area (Å²) in [6, 6.07) is -26.8. The highest BCUT2D eigenvalue weighted by Gasteiger charge is 2.48.